The maximum Gasteiger partial charge on any atom is 0.373 e. The van der Waals surface area contributed by atoms with Gasteiger partial charge in [-0.25, -0.2) is 9.59 Å². The highest BCUT2D eigenvalue weighted by Gasteiger charge is 2.34. The molecule has 0 aliphatic carbocycles. The molecular formula is C23H18N2O5S. The van der Waals surface area contributed by atoms with Crippen LogP contribution in [0.5, 0.6) is 0 Å². The molecule has 7 nitrogen and oxygen atoms in total. The van der Waals surface area contributed by atoms with Crippen LogP contribution in [0.15, 0.2) is 86.6 Å². The number of urea groups is 1. The summed E-state index contributed by atoms with van der Waals surface area (Å²) in [5.41, 5.74) is 0.960. The summed E-state index contributed by atoms with van der Waals surface area (Å²) in [4.78, 5) is 39.6. The van der Waals surface area contributed by atoms with Crippen LogP contribution < -0.4 is 5.32 Å². The molecule has 156 valence electrons. The molecule has 3 aromatic rings. The van der Waals surface area contributed by atoms with E-state index in [0.717, 1.165) is 20.3 Å². The number of carbonyl (C=O) groups excluding carboxylic acids is 3. The lowest BCUT2D eigenvalue weighted by Crippen LogP contribution is -2.30. The van der Waals surface area contributed by atoms with Gasteiger partial charge in [-0.1, -0.05) is 42.1 Å². The molecular weight excluding hydrogens is 416 g/mol. The number of imide groups is 1. The normalized spacial score (nSPS) is 14.7. The summed E-state index contributed by atoms with van der Waals surface area (Å²) in [6.07, 6.45) is 1.62. The molecule has 1 fully saturated rings. The number of hydrogen-bond acceptors (Lipinski definition) is 6. The molecule has 1 saturated heterocycles. The molecule has 1 aliphatic rings. The maximum absolute atomic E-state index is 12.7. The first-order chi connectivity index (χ1) is 15.0. The molecule has 31 heavy (non-hydrogen) atoms. The number of methoxy groups -OCH3 is 1. The molecule has 0 spiro atoms. The average Bonchev–Trinajstić information content (AvgIpc) is 3.36. The summed E-state index contributed by atoms with van der Waals surface area (Å²) in [7, 11) is 1.24. The molecule has 3 amide bonds. The fourth-order valence-corrected chi connectivity index (χ4v) is 3.81. The summed E-state index contributed by atoms with van der Waals surface area (Å²) < 4.78 is 9.92. The number of carbonyl (C=O) groups is 3. The van der Waals surface area contributed by atoms with Crippen molar-refractivity contribution in [3.8, 4) is 0 Å². The maximum atomic E-state index is 12.7. The van der Waals surface area contributed by atoms with Gasteiger partial charge in [-0.3, -0.25) is 9.69 Å². The third kappa shape index (κ3) is 4.70. The van der Waals surface area contributed by atoms with Crippen molar-refractivity contribution in [1.82, 2.24) is 10.2 Å². The van der Waals surface area contributed by atoms with E-state index < -0.39 is 17.9 Å². The van der Waals surface area contributed by atoms with Crippen molar-refractivity contribution in [3.63, 3.8) is 0 Å². The second-order valence-corrected chi connectivity index (χ2v) is 7.77. The van der Waals surface area contributed by atoms with Gasteiger partial charge in [0, 0.05) is 9.79 Å². The number of hydrogen-bond donors (Lipinski definition) is 1. The Morgan fingerprint density at radius 1 is 1.03 bits per heavy atom. The molecule has 2 aromatic carbocycles. The zero-order chi connectivity index (χ0) is 21.8. The van der Waals surface area contributed by atoms with Gasteiger partial charge in [0.25, 0.3) is 5.91 Å². The zero-order valence-corrected chi connectivity index (χ0v) is 17.3. The van der Waals surface area contributed by atoms with E-state index in [0.29, 0.717) is 5.76 Å². The van der Waals surface area contributed by atoms with E-state index in [-0.39, 0.29) is 18.0 Å². The lowest BCUT2D eigenvalue weighted by Gasteiger charge is -2.09. The number of esters is 1. The zero-order valence-electron chi connectivity index (χ0n) is 16.5. The minimum atomic E-state index is -0.627. The van der Waals surface area contributed by atoms with Gasteiger partial charge in [-0.05, 0) is 48.0 Å². The fraction of sp³-hybridized carbons (Fsp3) is 0.0870. The van der Waals surface area contributed by atoms with Crippen molar-refractivity contribution in [2.24, 2.45) is 0 Å². The Hall–Kier alpha value is -3.78. The Balaban J connectivity index is 1.44. The Bertz CT molecular complexity index is 1150. The second-order valence-electron chi connectivity index (χ2n) is 6.62. The topological polar surface area (TPSA) is 88.9 Å². The molecule has 4 rings (SSSR count). The van der Waals surface area contributed by atoms with Gasteiger partial charge in [0.2, 0.25) is 5.76 Å². The van der Waals surface area contributed by atoms with Gasteiger partial charge in [0.15, 0.2) is 0 Å². The van der Waals surface area contributed by atoms with E-state index in [1.54, 1.807) is 17.8 Å². The predicted octanol–water partition coefficient (Wildman–Crippen LogP) is 4.31. The van der Waals surface area contributed by atoms with Crippen molar-refractivity contribution in [2.75, 3.05) is 7.11 Å². The van der Waals surface area contributed by atoms with Crippen LogP contribution in [0, 0.1) is 0 Å². The van der Waals surface area contributed by atoms with E-state index in [9.17, 15) is 14.4 Å². The van der Waals surface area contributed by atoms with Gasteiger partial charge in [-0.15, -0.1) is 0 Å². The Kier molecular flexibility index (Phi) is 5.90. The number of furan rings is 1. The average molecular weight is 434 g/mol. The van der Waals surface area contributed by atoms with Crippen LogP contribution in [-0.4, -0.2) is 29.9 Å². The first-order valence-electron chi connectivity index (χ1n) is 9.38. The molecule has 1 N–H and O–H groups in total. The van der Waals surface area contributed by atoms with E-state index in [1.165, 1.54) is 19.2 Å². The summed E-state index contributed by atoms with van der Waals surface area (Å²) in [5.74, 6) is -0.789. The highest BCUT2D eigenvalue weighted by atomic mass is 32.2. The SMILES string of the molecule is COC(=O)c1ccc(CN2C(=O)NC(=Cc3ccc(Sc4ccccc4)cc3)C2=O)o1. The molecule has 1 aromatic heterocycles. The quantitative estimate of drug-likeness (QED) is 0.353. The van der Waals surface area contributed by atoms with Crippen molar-refractivity contribution >= 4 is 35.7 Å². The van der Waals surface area contributed by atoms with Crippen molar-refractivity contribution in [1.29, 1.82) is 0 Å². The molecule has 8 heteroatoms. The Morgan fingerprint density at radius 3 is 2.45 bits per heavy atom. The lowest BCUT2D eigenvalue weighted by molar-refractivity contribution is -0.123. The van der Waals surface area contributed by atoms with Gasteiger partial charge < -0.3 is 14.5 Å². The van der Waals surface area contributed by atoms with E-state index in [1.807, 2.05) is 54.6 Å². The van der Waals surface area contributed by atoms with Crippen LogP contribution in [-0.2, 0) is 16.1 Å². The second kappa shape index (κ2) is 8.93. The third-order valence-corrected chi connectivity index (χ3v) is 5.51. The van der Waals surface area contributed by atoms with Crippen molar-refractivity contribution < 1.29 is 23.5 Å². The highest BCUT2D eigenvalue weighted by molar-refractivity contribution is 7.99. The third-order valence-electron chi connectivity index (χ3n) is 4.49. The fourth-order valence-electron chi connectivity index (χ4n) is 2.97. The van der Waals surface area contributed by atoms with Gasteiger partial charge in [0.1, 0.15) is 11.5 Å². The molecule has 0 radical (unpaired) electrons. The molecule has 0 atom stereocenters. The predicted molar refractivity (Wildman–Crippen MR) is 114 cm³/mol. The minimum absolute atomic E-state index is 0.00813. The van der Waals surface area contributed by atoms with Crippen LogP contribution >= 0.6 is 11.8 Å². The first kappa shape index (κ1) is 20.5. The van der Waals surface area contributed by atoms with E-state index in [4.69, 9.17) is 4.42 Å². The number of nitrogens with one attached hydrogen (secondary N) is 1. The number of ether oxygens (including phenoxy) is 1. The lowest BCUT2D eigenvalue weighted by atomic mass is 10.2. The van der Waals surface area contributed by atoms with E-state index in [2.05, 4.69) is 10.1 Å². The molecule has 0 unspecified atom stereocenters. The van der Waals surface area contributed by atoms with Crippen LogP contribution in [0.25, 0.3) is 6.08 Å². The van der Waals surface area contributed by atoms with Crippen LogP contribution in [0.4, 0.5) is 4.79 Å². The summed E-state index contributed by atoms with van der Waals surface area (Å²) >= 11 is 1.64. The first-order valence-corrected chi connectivity index (χ1v) is 10.2. The monoisotopic (exact) mass is 434 g/mol. The number of rotatable bonds is 6. The van der Waals surface area contributed by atoms with Crippen LogP contribution in [0.3, 0.4) is 0 Å². The summed E-state index contributed by atoms with van der Waals surface area (Å²) in [6, 6.07) is 20.1. The summed E-state index contributed by atoms with van der Waals surface area (Å²) in [6.45, 7) is -0.0916. The van der Waals surface area contributed by atoms with Crippen LogP contribution in [0.2, 0.25) is 0 Å². The van der Waals surface area contributed by atoms with Gasteiger partial charge >= 0.3 is 12.0 Å². The molecule has 2 heterocycles. The number of benzene rings is 2. The number of amides is 3. The van der Waals surface area contributed by atoms with Gasteiger partial charge in [0.05, 0.1) is 13.7 Å². The van der Waals surface area contributed by atoms with Crippen molar-refractivity contribution in [3.05, 3.63) is 89.5 Å². The Labute approximate surface area is 182 Å². The van der Waals surface area contributed by atoms with E-state index >= 15 is 0 Å². The summed E-state index contributed by atoms with van der Waals surface area (Å²) in [5, 5.41) is 2.58. The van der Waals surface area contributed by atoms with Crippen molar-refractivity contribution in [2.45, 2.75) is 16.3 Å². The minimum Gasteiger partial charge on any atom is -0.463 e. The standard InChI is InChI=1S/C23H18N2O5S/c1-29-22(27)20-12-9-16(30-20)14-25-21(26)19(24-23(25)28)13-15-7-10-18(11-8-15)31-17-5-3-2-4-6-17/h2-13H,14H2,1H3,(H,24,28). The molecule has 0 saturated carbocycles. The van der Waals surface area contributed by atoms with Gasteiger partial charge in [-0.2, -0.15) is 0 Å². The molecule has 0 bridgehead atoms. The van der Waals surface area contributed by atoms with Crippen LogP contribution in [0.1, 0.15) is 21.9 Å². The largest absolute Gasteiger partial charge is 0.463 e. The highest BCUT2D eigenvalue weighted by Crippen LogP contribution is 2.28. The smallest absolute Gasteiger partial charge is 0.373 e. The molecule has 1 aliphatic heterocycles. The number of nitrogens with zero attached hydrogens (tertiary/aromatic N) is 1. The Morgan fingerprint density at radius 2 is 1.74 bits per heavy atom.